The van der Waals surface area contributed by atoms with Gasteiger partial charge in [-0.1, -0.05) is 19.9 Å². The van der Waals surface area contributed by atoms with Gasteiger partial charge in [0.2, 0.25) is 0 Å². The maximum atomic E-state index is 10.8. The predicted molar refractivity (Wildman–Crippen MR) is 66.3 cm³/mol. The molecule has 0 saturated carbocycles. The van der Waals surface area contributed by atoms with Gasteiger partial charge in [0, 0.05) is 12.6 Å². The van der Waals surface area contributed by atoms with Crippen LogP contribution < -0.4 is 10.1 Å². The molecular weight excluding hydrogens is 220 g/mol. The molecule has 0 heterocycles. The average Bonchev–Trinajstić information content (AvgIpc) is 2.33. The first kappa shape index (κ1) is 13.4. The summed E-state index contributed by atoms with van der Waals surface area (Å²) < 4.78 is 5.40. The normalized spacial score (nSPS) is 10.2. The van der Waals surface area contributed by atoms with E-state index in [0.717, 1.165) is 18.5 Å². The highest BCUT2D eigenvalue weighted by Gasteiger charge is 2.15. The lowest BCUT2D eigenvalue weighted by Crippen LogP contribution is -2.12. The van der Waals surface area contributed by atoms with Crippen molar-refractivity contribution in [3.05, 3.63) is 33.9 Å². The van der Waals surface area contributed by atoms with Crippen LogP contribution in [0, 0.1) is 10.1 Å². The lowest BCUT2D eigenvalue weighted by atomic mass is 10.2. The molecule has 5 heteroatoms. The summed E-state index contributed by atoms with van der Waals surface area (Å²) in [5.41, 5.74) is 1.02. The van der Waals surface area contributed by atoms with E-state index in [1.807, 2.05) is 13.8 Å². The van der Waals surface area contributed by atoms with E-state index in [4.69, 9.17) is 4.74 Å². The minimum atomic E-state index is -0.415. The number of nitro groups is 1. The summed E-state index contributed by atoms with van der Waals surface area (Å²) in [7, 11) is 0. The summed E-state index contributed by atoms with van der Waals surface area (Å²) in [6, 6.07) is 4.98. The maximum Gasteiger partial charge on any atom is 0.310 e. The zero-order chi connectivity index (χ0) is 12.7. The fourth-order valence-electron chi connectivity index (χ4n) is 1.42. The van der Waals surface area contributed by atoms with Crippen molar-refractivity contribution in [2.45, 2.75) is 26.8 Å². The topological polar surface area (TPSA) is 64.4 Å². The van der Waals surface area contributed by atoms with Gasteiger partial charge in [0.25, 0.3) is 0 Å². The van der Waals surface area contributed by atoms with Crippen molar-refractivity contribution in [3.8, 4) is 5.75 Å². The quantitative estimate of drug-likeness (QED) is 0.585. The van der Waals surface area contributed by atoms with E-state index >= 15 is 0 Å². The first-order valence-electron chi connectivity index (χ1n) is 5.79. The van der Waals surface area contributed by atoms with Crippen molar-refractivity contribution in [2.24, 2.45) is 0 Å². The van der Waals surface area contributed by atoms with E-state index < -0.39 is 4.92 Å². The molecule has 0 aliphatic heterocycles. The Morgan fingerprint density at radius 1 is 1.41 bits per heavy atom. The van der Waals surface area contributed by atoms with Gasteiger partial charge in [0.05, 0.1) is 11.5 Å². The van der Waals surface area contributed by atoms with Gasteiger partial charge < -0.3 is 10.1 Å². The molecule has 0 fully saturated rings. The Balaban J connectivity index is 2.88. The molecule has 0 bridgehead atoms. The molecule has 0 unspecified atom stereocenters. The summed E-state index contributed by atoms with van der Waals surface area (Å²) in [5.74, 6) is 0.354. The van der Waals surface area contributed by atoms with E-state index in [0.29, 0.717) is 18.9 Å². The van der Waals surface area contributed by atoms with E-state index in [-0.39, 0.29) is 5.69 Å². The molecule has 1 N–H and O–H groups in total. The van der Waals surface area contributed by atoms with Crippen molar-refractivity contribution in [1.82, 2.24) is 5.32 Å². The molecule has 0 aliphatic rings. The van der Waals surface area contributed by atoms with Crippen LogP contribution in [0.1, 0.15) is 25.8 Å². The first-order valence-corrected chi connectivity index (χ1v) is 5.79. The van der Waals surface area contributed by atoms with E-state index in [9.17, 15) is 10.1 Å². The smallest absolute Gasteiger partial charge is 0.310 e. The van der Waals surface area contributed by atoms with Gasteiger partial charge in [0.1, 0.15) is 0 Å². The fraction of sp³-hybridized carbons (Fsp3) is 0.500. The molecule has 1 aromatic rings. The van der Waals surface area contributed by atoms with Crippen LogP contribution in [0.25, 0.3) is 0 Å². The monoisotopic (exact) mass is 238 g/mol. The predicted octanol–water partition coefficient (Wildman–Crippen LogP) is 2.49. The van der Waals surface area contributed by atoms with Gasteiger partial charge in [-0.3, -0.25) is 10.1 Å². The molecule has 0 aromatic heterocycles. The zero-order valence-corrected chi connectivity index (χ0v) is 10.2. The van der Waals surface area contributed by atoms with Crippen LogP contribution in [0.2, 0.25) is 0 Å². The molecule has 0 radical (unpaired) electrons. The average molecular weight is 238 g/mol. The van der Waals surface area contributed by atoms with Gasteiger partial charge in [-0.05, 0) is 24.6 Å². The minimum Gasteiger partial charge on any atom is -0.487 e. The highest BCUT2D eigenvalue weighted by molar-refractivity contribution is 5.48. The Morgan fingerprint density at radius 3 is 2.76 bits per heavy atom. The molecule has 0 saturated heterocycles. The molecule has 1 rings (SSSR count). The van der Waals surface area contributed by atoms with E-state index in [2.05, 4.69) is 5.32 Å². The standard InChI is InChI=1S/C12H18N2O3/c1-3-7-17-12-8-10(9-13-4-2)5-6-11(12)14(15)16/h5-6,8,13H,3-4,7,9H2,1-2H3. The molecular formula is C12H18N2O3. The summed E-state index contributed by atoms with van der Waals surface area (Å²) in [6.45, 7) is 6.03. The van der Waals surface area contributed by atoms with E-state index in [1.165, 1.54) is 6.07 Å². The third kappa shape index (κ3) is 4.03. The van der Waals surface area contributed by atoms with Crippen LogP contribution in [-0.4, -0.2) is 18.1 Å². The molecule has 0 aliphatic carbocycles. The zero-order valence-electron chi connectivity index (χ0n) is 10.2. The highest BCUT2D eigenvalue weighted by Crippen LogP contribution is 2.28. The lowest BCUT2D eigenvalue weighted by molar-refractivity contribution is -0.385. The van der Waals surface area contributed by atoms with Crippen molar-refractivity contribution in [2.75, 3.05) is 13.2 Å². The number of nitro benzene ring substituents is 1. The molecule has 1 aromatic carbocycles. The summed E-state index contributed by atoms with van der Waals surface area (Å²) in [5, 5.41) is 14.0. The molecule has 5 nitrogen and oxygen atoms in total. The number of hydrogen-bond acceptors (Lipinski definition) is 4. The third-order valence-corrected chi connectivity index (χ3v) is 2.26. The second kappa shape index (κ2) is 6.85. The van der Waals surface area contributed by atoms with Crippen LogP contribution in [-0.2, 0) is 6.54 Å². The van der Waals surface area contributed by atoms with E-state index in [1.54, 1.807) is 12.1 Å². The van der Waals surface area contributed by atoms with Crippen LogP contribution in [0.4, 0.5) is 5.69 Å². The van der Waals surface area contributed by atoms with Crippen molar-refractivity contribution < 1.29 is 9.66 Å². The SMILES string of the molecule is CCCOc1cc(CNCC)ccc1[N+](=O)[O-]. The molecule has 0 atom stereocenters. The lowest BCUT2D eigenvalue weighted by Gasteiger charge is -2.08. The first-order chi connectivity index (χ1) is 8.19. The van der Waals surface area contributed by atoms with Crippen molar-refractivity contribution >= 4 is 5.69 Å². The van der Waals surface area contributed by atoms with Crippen molar-refractivity contribution in [3.63, 3.8) is 0 Å². The second-order valence-corrected chi connectivity index (χ2v) is 3.69. The minimum absolute atomic E-state index is 0.0266. The number of ether oxygens (including phenoxy) is 1. The molecule has 17 heavy (non-hydrogen) atoms. The third-order valence-electron chi connectivity index (χ3n) is 2.26. The number of rotatable bonds is 7. The Labute approximate surface area is 101 Å². The van der Waals surface area contributed by atoms with Crippen LogP contribution in [0.5, 0.6) is 5.75 Å². The number of nitrogens with one attached hydrogen (secondary N) is 1. The Hall–Kier alpha value is -1.62. The van der Waals surface area contributed by atoms with Crippen molar-refractivity contribution in [1.29, 1.82) is 0 Å². The van der Waals surface area contributed by atoms with Crippen LogP contribution in [0.3, 0.4) is 0 Å². The summed E-state index contributed by atoms with van der Waals surface area (Å²) >= 11 is 0. The maximum absolute atomic E-state index is 10.8. The Morgan fingerprint density at radius 2 is 2.18 bits per heavy atom. The second-order valence-electron chi connectivity index (χ2n) is 3.69. The Kier molecular flexibility index (Phi) is 5.42. The summed E-state index contributed by atoms with van der Waals surface area (Å²) in [6.07, 6.45) is 0.828. The number of hydrogen-bond donors (Lipinski definition) is 1. The van der Waals surface area contributed by atoms with Crippen LogP contribution in [0.15, 0.2) is 18.2 Å². The van der Waals surface area contributed by atoms with Gasteiger partial charge in [-0.15, -0.1) is 0 Å². The highest BCUT2D eigenvalue weighted by atomic mass is 16.6. The van der Waals surface area contributed by atoms with Crippen LogP contribution >= 0.6 is 0 Å². The molecule has 0 amide bonds. The Bertz CT molecular complexity index is 380. The van der Waals surface area contributed by atoms with Gasteiger partial charge in [-0.2, -0.15) is 0 Å². The largest absolute Gasteiger partial charge is 0.487 e. The molecule has 94 valence electrons. The molecule has 0 spiro atoms. The van der Waals surface area contributed by atoms with Gasteiger partial charge in [0.15, 0.2) is 5.75 Å². The fourth-order valence-corrected chi connectivity index (χ4v) is 1.42. The summed E-state index contributed by atoms with van der Waals surface area (Å²) in [4.78, 5) is 10.4. The van der Waals surface area contributed by atoms with Gasteiger partial charge >= 0.3 is 5.69 Å². The number of nitrogens with zero attached hydrogens (tertiary/aromatic N) is 1. The number of benzene rings is 1. The van der Waals surface area contributed by atoms with Gasteiger partial charge in [-0.25, -0.2) is 0 Å².